The highest BCUT2D eigenvalue weighted by atomic mass is 31.2. The molecule has 0 aromatic carbocycles. The van der Waals surface area contributed by atoms with E-state index in [-0.39, 0.29) is 0 Å². The first kappa shape index (κ1) is 18.1. The molecule has 0 spiro atoms. The van der Waals surface area contributed by atoms with Gasteiger partial charge in [0, 0.05) is 6.92 Å². The Kier molecular flexibility index (Phi) is 5.88. The Balaban J connectivity index is 3.12. The van der Waals surface area contributed by atoms with Crippen molar-refractivity contribution in [2.45, 2.75) is 37.4 Å². The van der Waals surface area contributed by atoms with E-state index < -0.39 is 56.1 Å². The second kappa shape index (κ2) is 6.84. The van der Waals surface area contributed by atoms with Gasteiger partial charge in [-0.15, -0.1) is 0 Å². The fourth-order valence-corrected chi connectivity index (χ4v) is 2.48. The van der Waals surface area contributed by atoms with Crippen LogP contribution in [-0.4, -0.2) is 73.2 Å². The molecule has 0 saturated carbocycles. The number of aliphatic hydroxyl groups excluding tert-OH is 4. The van der Waals surface area contributed by atoms with Crippen LogP contribution in [0.3, 0.4) is 0 Å². The summed E-state index contributed by atoms with van der Waals surface area (Å²) >= 11 is 0. The third-order valence-electron chi connectivity index (χ3n) is 2.87. The number of nitrogens with one attached hydrogen (secondary N) is 1. The predicted octanol–water partition coefficient (Wildman–Crippen LogP) is -3.02. The molecule has 0 aliphatic carbocycles. The molecule has 0 radical (unpaired) electrons. The SMILES string of the molecule is CC(=O)N[C@H]1[C@H]([C@@H](O)[C@@H](O)CO)OC(P(=O)(O)O)=C[C@@H]1O. The predicted molar refractivity (Wildman–Crippen MR) is 67.7 cm³/mol. The maximum absolute atomic E-state index is 11.2. The second-order valence-electron chi connectivity index (χ2n) is 4.59. The van der Waals surface area contributed by atoms with Crippen molar-refractivity contribution in [2.24, 2.45) is 0 Å². The molecule has 1 rings (SSSR count). The number of hydrogen-bond acceptors (Lipinski definition) is 7. The van der Waals surface area contributed by atoms with Crippen molar-refractivity contribution in [3.8, 4) is 0 Å². The highest BCUT2D eigenvalue weighted by Crippen LogP contribution is 2.48. The lowest BCUT2D eigenvalue weighted by Gasteiger charge is -2.38. The van der Waals surface area contributed by atoms with E-state index in [1.807, 2.05) is 0 Å². The van der Waals surface area contributed by atoms with Gasteiger partial charge in [0.05, 0.1) is 12.6 Å². The summed E-state index contributed by atoms with van der Waals surface area (Å²) in [7, 11) is -4.84. The molecule has 5 atom stereocenters. The average molecular weight is 327 g/mol. The molecule has 11 heteroatoms. The number of amides is 1. The normalized spacial score (nSPS) is 29.1. The van der Waals surface area contributed by atoms with Gasteiger partial charge < -0.3 is 40.3 Å². The van der Waals surface area contributed by atoms with Crippen LogP contribution >= 0.6 is 7.60 Å². The quantitative estimate of drug-likeness (QED) is 0.259. The zero-order valence-corrected chi connectivity index (χ0v) is 11.9. The van der Waals surface area contributed by atoms with Crippen LogP contribution in [0.25, 0.3) is 0 Å². The first-order valence-electron chi connectivity index (χ1n) is 5.94. The van der Waals surface area contributed by atoms with Crippen molar-refractivity contribution in [3.05, 3.63) is 11.6 Å². The minimum absolute atomic E-state index is 0.591. The van der Waals surface area contributed by atoms with E-state index in [2.05, 4.69) is 5.32 Å². The molecule has 10 nitrogen and oxygen atoms in total. The molecular weight excluding hydrogens is 309 g/mol. The third-order valence-corrected chi connectivity index (χ3v) is 3.70. The van der Waals surface area contributed by atoms with Gasteiger partial charge in [-0.05, 0) is 6.08 Å². The summed E-state index contributed by atoms with van der Waals surface area (Å²) in [5.41, 5.74) is -0.884. The molecule has 1 heterocycles. The van der Waals surface area contributed by atoms with Gasteiger partial charge in [0.1, 0.15) is 18.3 Å². The van der Waals surface area contributed by atoms with Crippen LogP contribution in [0.5, 0.6) is 0 Å². The van der Waals surface area contributed by atoms with Gasteiger partial charge in [0.25, 0.3) is 0 Å². The number of carbonyl (C=O) groups excluding carboxylic acids is 1. The number of carbonyl (C=O) groups is 1. The van der Waals surface area contributed by atoms with Crippen molar-refractivity contribution in [3.63, 3.8) is 0 Å². The zero-order valence-electron chi connectivity index (χ0n) is 11.0. The van der Waals surface area contributed by atoms with Gasteiger partial charge in [-0.3, -0.25) is 9.36 Å². The molecule has 0 saturated heterocycles. The fourth-order valence-electron chi connectivity index (χ4n) is 1.87. The molecule has 1 aliphatic heterocycles. The lowest BCUT2D eigenvalue weighted by molar-refractivity contribution is -0.130. The summed E-state index contributed by atoms with van der Waals surface area (Å²) in [6, 6.07) is -1.26. The monoisotopic (exact) mass is 327 g/mol. The summed E-state index contributed by atoms with van der Waals surface area (Å²) < 4.78 is 16.1. The van der Waals surface area contributed by atoms with Crippen LogP contribution in [0.4, 0.5) is 0 Å². The first-order chi connectivity index (χ1) is 9.57. The van der Waals surface area contributed by atoms with E-state index in [9.17, 15) is 24.7 Å². The van der Waals surface area contributed by atoms with E-state index in [1.165, 1.54) is 0 Å². The topological polar surface area (TPSA) is 177 Å². The fraction of sp³-hybridized carbons (Fsp3) is 0.700. The minimum Gasteiger partial charge on any atom is -0.477 e. The van der Waals surface area contributed by atoms with Crippen molar-refractivity contribution < 1.29 is 44.3 Å². The summed E-state index contributed by atoms with van der Waals surface area (Å²) in [5.74, 6) is -0.591. The maximum Gasteiger partial charge on any atom is 0.390 e. The van der Waals surface area contributed by atoms with Gasteiger partial charge in [-0.1, -0.05) is 0 Å². The molecule has 7 N–H and O–H groups in total. The van der Waals surface area contributed by atoms with Crippen molar-refractivity contribution in [2.75, 3.05) is 6.61 Å². The van der Waals surface area contributed by atoms with Crippen LogP contribution in [0.2, 0.25) is 0 Å². The Morgan fingerprint density at radius 2 is 2.05 bits per heavy atom. The summed E-state index contributed by atoms with van der Waals surface area (Å²) in [6.45, 7) is 0.277. The highest BCUT2D eigenvalue weighted by Gasteiger charge is 2.44. The van der Waals surface area contributed by atoms with E-state index >= 15 is 0 Å². The number of aliphatic hydroxyl groups is 4. The van der Waals surface area contributed by atoms with Crippen LogP contribution in [0.1, 0.15) is 6.92 Å². The second-order valence-corrected chi connectivity index (χ2v) is 6.12. The van der Waals surface area contributed by atoms with Gasteiger partial charge in [0.15, 0.2) is 6.10 Å². The maximum atomic E-state index is 11.2. The standard InChI is InChI=1S/C10H18NO9P/c1-4(13)11-8-5(14)2-7(21(17,18)19)20-10(8)9(16)6(15)3-12/h2,5-6,8-10,12,14-16H,3H2,1H3,(H,11,13)(H2,17,18,19)/t5-,6-,8+,9-,10+/m0/s1. The molecular formula is C10H18NO9P. The van der Waals surface area contributed by atoms with E-state index in [4.69, 9.17) is 19.6 Å². The van der Waals surface area contributed by atoms with E-state index in [0.29, 0.717) is 0 Å². The van der Waals surface area contributed by atoms with Gasteiger partial charge in [0.2, 0.25) is 11.4 Å². The summed E-state index contributed by atoms with van der Waals surface area (Å²) in [4.78, 5) is 29.2. The Hall–Kier alpha value is -1.00. The molecule has 21 heavy (non-hydrogen) atoms. The van der Waals surface area contributed by atoms with Crippen LogP contribution in [-0.2, 0) is 14.1 Å². The van der Waals surface area contributed by atoms with Gasteiger partial charge >= 0.3 is 7.60 Å². The van der Waals surface area contributed by atoms with E-state index in [1.54, 1.807) is 0 Å². The molecule has 0 fully saturated rings. The largest absolute Gasteiger partial charge is 0.477 e. The molecule has 122 valence electrons. The Bertz CT molecular complexity index is 461. The average Bonchev–Trinajstić information content (AvgIpc) is 2.37. The zero-order chi connectivity index (χ0) is 16.4. The number of hydrogen-bond donors (Lipinski definition) is 7. The van der Waals surface area contributed by atoms with E-state index in [0.717, 1.165) is 13.0 Å². The van der Waals surface area contributed by atoms with Gasteiger partial charge in [-0.25, -0.2) is 0 Å². The van der Waals surface area contributed by atoms with Gasteiger partial charge in [-0.2, -0.15) is 0 Å². The lowest BCUT2D eigenvalue weighted by Crippen LogP contribution is -2.59. The summed E-state index contributed by atoms with van der Waals surface area (Å²) in [6.07, 6.45) is -5.88. The molecule has 0 aromatic rings. The molecule has 1 aliphatic rings. The highest BCUT2D eigenvalue weighted by molar-refractivity contribution is 7.56. The number of ether oxygens (including phenoxy) is 1. The Morgan fingerprint density at radius 3 is 2.48 bits per heavy atom. The third kappa shape index (κ3) is 4.48. The first-order valence-corrected chi connectivity index (χ1v) is 7.56. The smallest absolute Gasteiger partial charge is 0.390 e. The van der Waals surface area contributed by atoms with Crippen LogP contribution in [0.15, 0.2) is 11.6 Å². The summed E-state index contributed by atoms with van der Waals surface area (Å²) in [5, 5.41) is 40.2. The van der Waals surface area contributed by atoms with Crippen molar-refractivity contribution in [1.29, 1.82) is 0 Å². The van der Waals surface area contributed by atoms with Crippen molar-refractivity contribution >= 4 is 13.5 Å². The molecule has 0 aromatic heterocycles. The number of rotatable bonds is 5. The Morgan fingerprint density at radius 1 is 1.48 bits per heavy atom. The molecule has 0 bridgehead atoms. The lowest BCUT2D eigenvalue weighted by atomic mass is 9.95. The Labute approximate surface area is 119 Å². The minimum atomic E-state index is -4.84. The van der Waals surface area contributed by atoms with Crippen LogP contribution in [0, 0.1) is 0 Å². The van der Waals surface area contributed by atoms with Crippen LogP contribution < -0.4 is 5.32 Å². The molecule has 1 amide bonds. The van der Waals surface area contributed by atoms with Crippen molar-refractivity contribution in [1.82, 2.24) is 5.32 Å². The molecule has 0 unspecified atom stereocenters.